The average Bonchev–Trinajstić information content (AvgIpc) is 2.70. The van der Waals surface area contributed by atoms with Crippen molar-refractivity contribution in [2.24, 2.45) is 0 Å². The topological polar surface area (TPSA) is 43.4 Å². The number of hydrogen-bond acceptors (Lipinski definition) is 3. The number of carbonyl (C=O) groups is 2. The van der Waals surface area contributed by atoms with E-state index in [2.05, 4.69) is 11.8 Å². The highest BCUT2D eigenvalue weighted by Gasteiger charge is 2.30. The lowest BCUT2D eigenvalue weighted by Gasteiger charge is -2.18. The number of fused-ring (bicyclic) bond motifs is 2. The normalized spacial score (nSPS) is 11.8. The van der Waals surface area contributed by atoms with Crippen molar-refractivity contribution >= 4 is 11.6 Å². The summed E-state index contributed by atoms with van der Waals surface area (Å²) in [4.78, 5) is 25.6. The molecule has 1 aliphatic rings. The van der Waals surface area contributed by atoms with Crippen LogP contribution in [0.15, 0.2) is 72.8 Å². The maximum Gasteiger partial charge on any atom is 0.195 e. The molecule has 0 spiro atoms. The average molecular weight is 338 g/mol. The molecule has 3 aromatic rings. The van der Waals surface area contributed by atoms with E-state index in [1.807, 2.05) is 30.3 Å². The number of para-hydroxylation sites is 1. The molecular formula is C23H14O3. The SMILES string of the molecule is O=C1c2ccccc2C(=O)c2c(C#CCOc3ccccc3)cccc21. The summed E-state index contributed by atoms with van der Waals surface area (Å²) in [5.74, 6) is 6.33. The van der Waals surface area contributed by atoms with Gasteiger partial charge in [0, 0.05) is 27.8 Å². The Morgan fingerprint density at radius 3 is 2.12 bits per heavy atom. The van der Waals surface area contributed by atoms with Crippen LogP contribution in [0.25, 0.3) is 0 Å². The van der Waals surface area contributed by atoms with Gasteiger partial charge in [0.25, 0.3) is 0 Å². The van der Waals surface area contributed by atoms with Gasteiger partial charge in [0.2, 0.25) is 0 Å². The molecule has 3 aromatic carbocycles. The Bertz CT molecular complexity index is 1070. The van der Waals surface area contributed by atoms with Crippen molar-refractivity contribution in [3.63, 3.8) is 0 Å². The van der Waals surface area contributed by atoms with Crippen molar-refractivity contribution < 1.29 is 14.3 Å². The monoisotopic (exact) mass is 338 g/mol. The Morgan fingerprint density at radius 1 is 0.692 bits per heavy atom. The Kier molecular flexibility index (Phi) is 4.09. The van der Waals surface area contributed by atoms with Gasteiger partial charge in [0.05, 0.1) is 0 Å². The van der Waals surface area contributed by atoms with E-state index in [1.54, 1.807) is 42.5 Å². The minimum atomic E-state index is -0.163. The second kappa shape index (κ2) is 6.70. The molecule has 0 N–H and O–H groups in total. The number of ether oxygens (including phenoxy) is 1. The fourth-order valence-electron chi connectivity index (χ4n) is 3.02. The molecule has 1 aliphatic carbocycles. The third-order valence-corrected chi connectivity index (χ3v) is 4.23. The summed E-state index contributed by atoms with van der Waals surface area (Å²) < 4.78 is 5.55. The molecule has 0 saturated heterocycles. The number of carbonyl (C=O) groups excluding carboxylic acids is 2. The van der Waals surface area contributed by atoms with E-state index in [0.717, 1.165) is 5.75 Å². The van der Waals surface area contributed by atoms with Gasteiger partial charge >= 0.3 is 0 Å². The van der Waals surface area contributed by atoms with Gasteiger partial charge in [-0.15, -0.1) is 0 Å². The van der Waals surface area contributed by atoms with Gasteiger partial charge in [-0.05, 0) is 18.2 Å². The molecule has 124 valence electrons. The van der Waals surface area contributed by atoms with Crippen LogP contribution in [0.4, 0.5) is 0 Å². The summed E-state index contributed by atoms with van der Waals surface area (Å²) in [5, 5.41) is 0. The largest absolute Gasteiger partial charge is 0.481 e. The van der Waals surface area contributed by atoms with Gasteiger partial charge in [-0.3, -0.25) is 9.59 Å². The molecule has 0 saturated carbocycles. The van der Waals surface area contributed by atoms with Crippen molar-refractivity contribution in [3.8, 4) is 17.6 Å². The molecule has 0 aliphatic heterocycles. The summed E-state index contributed by atoms with van der Waals surface area (Å²) >= 11 is 0. The molecule has 3 heteroatoms. The Hall–Kier alpha value is -3.64. The molecule has 0 aromatic heterocycles. The molecule has 0 heterocycles. The first-order valence-corrected chi connectivity index (χ1v) is 8.24. The predicted molar refractivity (Wildman–Crippen MR) is 98.6 cm³/mol. The molecule has 0 radical (unpaired) electrons. The number of ketones is 2. The fraction of sp³-hybridized carbons (Fsp3) is 0.0435. The highest BCUT2D eigenvalue weighted by atomic mass is 16.5. The first kappa shape index (κ1) is 15.9. The molecule has 3 nitrogen and oxygen atoms in total. The molecule has 0 amide bonds. The fourth-order valence-corrected chi connectivity index (χ4v) is 3.02. The summed E-state index contributed by atoms with van der Waals surface area (Å²) in [7, 11) is 0. The zero-order valence-electron chi connectivity index (χ0n) is 13.9. The van der Waals surface area contributed by atoms with Gasteiger partial charge in [0.1, 0.15) is 12.4 Å². The molecule has 26 heavy (non-hydrogen) atoms. The predicted octanol–water partition coefficient (Wildman–Crippen LogP) is 3.89. The minimum Gasteiger partial charge on any atom is -0.481 e. The number of hydrogen-bond donors (Lipinski definition) is 0. The van der Waals surface area contributed by atoms with E-state index >= 15 is 0 Å². The first-order chi connectivity index (χ1) is 12.8. The van der Waals surface area contributed by atoms with E-state index in [4.69, 9.17) is 4.74 Å². The second-order valence-electron chi connectivity index (χ2n) is 5.84. The van der Waals surface area contributed by atoms with E-state index in [9.17, 15) is 9.59 Å². The molecule has 0 unspecified atom stereocenters. The molecule has 0 fully saturated rings. The number of benzene rings is 3. The minimum absolute atomic E-state index is 0.139. The Labute approximate surface area is 151 Å². The van der Waals surface area contributed by atoms with Crippen molar-refractivity contribution in [2.45, 2.75) is 0 Å². The lowest BCUT2D eigenvalue weighted by molar-refractivity contribution is 0.0979. The van der Waals surface area contributed by atoms with Crippen molar-refractivity contribution in [2.75, 3.05) is 6.61 Å². The third kappa shape index (κ3) is 2.78. The van der Waals surface area contributed by atoms with E-state index in [0.29, 0.717) is 27.8 Å². The van der Waals surface area contributed by atoms with Gasteiger partial charge in [0.15, 0.2) is 11.6 Å². The van der Waals surface area contributed by atoms with E-state index in [1.165, 1.54) is 0 Å². The number of rotatable bonds is 2. The van der Waals surface area contributed by atoms with Crippen LogP contribution in [0, 0.1) is 11.8 Å². The van der Waals surface area contributed by atoms with Crippen LogP contribution in [0.1, 0.15) is 37.4 Å². The molecule has 0 atom stereocenters. The van der Waals surface area contributed by atoms with Crippen LogP contribution in [0.3, 0.4) is 0 Å². The second-order valence-corrected chi connectivity index (χ2v) is 5.84. The lowest BCUT2D eigenvalue weighted by atomic mass is 9.82. The summed E-state index contributed by atoms with van der Waals surface area (Å²) in [5.41, 5.74) is 2.21. The highest BCUT2D eigenvalue weighted by Crippen LogP contribution is 2.29. The zero-order chi connectivity index (χ0) is 17.9. The third-order valence-electron chi connectivity index (χ3n) is 4.23. The highest BCUT2D eigenvalue weighted by molar-refractivity contribution is 6.29. The smallest absolute Gasteiger partial charge is 0.195 e. The van der Waals surface area contributed by atoms with E-state index in [-0.39, 0.29) is 18.2 Å². The maximum absolute atomic E-state index is 12.9. The van der Waals surface area contributed by atoms with Gasteiger partial charge in [-0.1, -0.05) is 66.4 Å². The molecule has 4 rings (SSSR count). The van der Waals surface area contributed by atoms with Crippen LogP contribution in [0.2, 0.25) is 0 Å². The van der Waals surface area contributed by atoms with Crippen molar-refractivity contribution in [1.82, 2.24) is 0 Å². The van der Waals surface area contributed by atoms with Gasteiger partial charge in [-0.25, -0.2) is 0 Å². The summed E-state index contributed by atoms with van der Waals surface area (Å²) in [6.07, 6.45) is 0. The maximum atomic E-state index is 12.9. The van der Waals surface area contributed by atoms with Crippen molar-refractivity contribution in [1.29, 1.82) is 0 Å². The van der Waals surface area contributed by atoms with Crippen LogP contribution in [0.5, 0.6) is 5.75 Å². The Balaban J connectivity index is 1.65. The van der Waals surface area contributed by atoms with Crippen LogP contribution >= 0.6 is 0 Å². The lowest BCUT2D eigenvalue weighted by Crippen LogP contribution is -2.21. The summed E-state index contributed by atoms with van der Waals surface area (Å²) in [6.45, 7) is 0.201. The van der Waals surface area contributed by atoms with Crippen LogP contribution < -0.4 is 4.74 Å². The first-order valence-electron chi connectivity index (χ1n) is 8.24. The van der Waals surface area contributed by atoms with E-state index < -0.39 is 0 Å². The van der Waals surface area contributed by atoms with Crippen LogP contribution in [-0.2, 0) is 0 Å². The van der Waals surface area contributed by atoms with Gasteiger partial charge in [-0.2, -0.15) is 0 Å². The Morgan fingerprint density at radius 2 is 1.35 bits per heavy atom. The zero-order valence-corrected chi connectivity index (χ0v) is 13.9. The standard InChI is InChI=1S/C23H14O3/c24-22-18-12-4-5-13-19(18)23(25)21-16(8-6-14-20(21)22)9-7-15-26-17-10-2-1-3-11-17/h1-6,8,10-14H,15H2. The van der Waals surface area contributed by atoms with Crippen LogP contribution in [-0.4, -0.2) is 18.2 Å². The molecular weight excluding hydrogens is 324 g/mol. The van der Waals surface area contributed by atoms with Crippen molar-refractivity contribution in [3.05, 3.63) is 101 Å². The molecule has 0 bridgehead atoms. The summed E-state index contributed by atoms with van der Waals surface area (Å²) in [6, 6.07) is 21.5. The quantitative estimate of drug-likeness (QED) is 0.521. The van der Waals surface area contributed by atoms with Gasteiger partial charge < -0.3 is 4.74 Å².